The fourth-order valence-corrected chi connectivity index (χ4v) is 1.91. The van der Waals surface area contributed by atoms with Gasteiger partial charge in [0.25, 0.3) is 5.91 Å². The number of pyridine rings is 1. The van der Waals surface area contributed by atoms with Crippen LogP contribution in [0.4, 0.5) is 0 Å². The predicted molar refractivity (Wildman–Crippen MR) is 66.7 cm³/mol. The Morgan fingerprint density at radius 2 is 2.24 bits per heavy atom. The van der Waals surface area contributed by atoms with Gasteiger partial charge < -0.3 is 10.8 Å². The number of nitrogens with zero attached hydrogens (tertiary/aromatic N) is 1. The molecular weight excluding hydrogens is 216 g/mol. The molecule has 94 valence electrons. The van der Waals surface area contributed by atoms with Crippen molar-refractivity contribution < 1.29 is 9.90 Å². The van der Waals surface area contributed by atoms with Crippen LogP contribution in [0.2, 0.25) is 0 Å². The second kappa shape index (κ2) is 5.27. The van der Waals surface area contributed by atoms with E-state index >= 15 is 0 Å². The number of primary amides is 1. The third-order valence-electron chi connectivity index (χ3n) is 3.08. The molecule has 1 unspecified atom stereocenters. The lowest BCUT2D eigenvalue weighted by atomic mass is 9.79. The van der Waals surface area contributed by atoms with Gasteiger partial charge in [0.1, 0.15) is 0 Å². The van der Waals surface area contributed by atoms with Crippen LogP contribution >= 0.6 is 0 Å². The van der Waals surface area contributed by atoms with E-state index in [1.165, 1.54) is 0 Å². The van der Waals surface area contributed by atoms with E-state index in [1.54, 1.807) is 18.3 Å². The molecule has 1 atom stereocenters. The first-order valence-electron chi connectivity index (χ1n) is 5.84. The molecule has 0 aliphatic carbocycles. The molecule has 0 fully saturated rings. The molecule has 0 saturated carbocycles. The van der Waals surface area contributed by atoms with Crippen molar-refractivity contribution in [2.24, 2.45) is 5.73 Å². The average Bonchev–Trinajstić information content (AvgIpc) is 2.29. The van der Waals surface area contributed by atoms with Gasteiger partial charge in [0, 0.05) is 11.6 Å². The second-order valence-corrected chi connectivity index (χ2v) is 4.79. The molecule has 0 bridgehead atoms. The van der Waals surface area contributed by atoms with E-state index in [0.717, 1.165) is 6.42 Å². The van der Waals surface area contributed by atoms with Gasteiger partial charge in [-0.1, -0.05) is 27.2 Å². The Balaban J connectivity index is 3.18. The molecule has 0 aromatic carbocycles. The van der Waals surface area contributed by atoms with Crippen molar-refractivity contribution in [3.05, 3.63) is 29.6 Å². The van der Waals surface area contributed by atoms with Crippen molar-refractivity contribution in [2.75, 3.05) is 0 Å². The zero-order valence-corrected chi connectivity index (χ0v) is 10.6. The first kappa shape index (κ1) is 13.6. The number of aliphatic hydroxyl groups excluding tert-OH is 1. The summed E-state index contributed by atoms with van der Waals surface area (Å²) in [6, 6.07) is 3.32. The molecule has 0 spiro atoms. The zero-order valence-electron chi connectivity index (χ0n) is 10.6. The van der Waals surface area contributed by atoms with Crippen LogP contribution in [-0.2, 0) is 5.41 Å². The number of hydrogen-bond donors (Lipinski definition) is 2. The van der Waals surface area contributed by atoms with Gasteiger partial charge in [-0.25, -0.2) is 0 Å². The molecule has 0 radical (unpaired) electrons. The standard InChI is InChI=1S/C13H20N2O2/c1-4-6-10(16)13(2,3)11-9(12(14)17)7-5-8-15-11/h5,7-8,10,16H,4,6H2,1-3H3,(H2,14,17). The van der Waals surface area contributed by atoms with Crippen LogP contribution in [0.5, 0.6) is 0 Å². The summed E-state index contributed by atoms with van der Waals surface area (Å²) in [5.74, 6) is -0.509. The quantitative estimate of drug-likeness (QED) is 0.815. The zero-order chi connectivity index (χ0) is 13.1. The Morgan fingerprint density at radius 1 is 1.59 bits per heavy atom. The van der Waals surface area contributed by atoms with Crippen molar-refractivity contribution in [3.63, 3.8) is 0 Å². The molecule has 1 aromatic rings. The van der Waals surface area contributed by atoms with Crippen LogP contribution in [0, 0.1) is 0 Å². The van der Waals surface area contributed by atoms with Gasteiger partial charge in [0.05, 0.1) is 17.4 Å². The highest BCUT2D eigenvalue weighted by atomic mass is 16.3. The van der Waals surface area contributed by atoms with Gasteiger partial charge in [-0.3, -0.25) is 9.78 Å². The molecular formula is C13H20N2O2. The normalized spacial score (nSPS) is 13.4. The SMILES string of the molecule is CCCC(O)C(C)(C)c1ncccc1C(N)=O. The molecule has 0 aliphatic heterocycles. The van der Waals surface area contributed by atoms with Crippen molar-refractivity contribution >= 4 is 5.91 Å². The summed E-state index contributed by atoms with van der Waals surface area (Å²) in [6.45, 7) is 5.76. The molecule has 4 heteroatoms. The van der Waals surface area contributed by atoms with Gasteiger partial charge in [0.2, 0.25) is 0 Å². The molecule has 1 heterocycles. The van der Waals surface area contributed by atoms with E-state index in [0.29, 0.717) is 17.7 Å². The number of carbonyl (C=O) groups is 1. The maximum Gasteiger partial charge on any atom is 0.250 e. The van der Waals surface area contributed by atoms with E-state index in [2.05, 4.69) is 4.98 Å². The predicted octanol–water partition coefficient (Wildman–Crippen LogP) is 1.62. The Kier molecular flexibility index (Phi) is 4.23. The third kappa shape index (κ3) is 2.82. The largest absolute Gasteiger partial charge is 0.392 e. The highest BCUT2D eigenvalue weighted by molar-refractivity contribution is 5.94. The summed E-state index contributed by atoms with van der Waals surface area (Å²) in [6.07, 6.45) is 2.62. The molecule has 4 nitrogen and oxygen atoms in total. The van der Waals surface area contributed by atoms with Crippen LogP contribution in [-0.4, -0.2) is 22.1 Å². The highest BCUT2D eigenvalue weighted by Crippen LogP contribution is 2.30. The number of nitrogens with two attached hydrogens (primary N) is 1. The van der Waals surface area contributed by atoms with Gasteiger partial charge in [-0.05, 0) is 18.6 Å². The maximum atomic E-state index is 11.3. The third-order valence-corrected chi connectivity index (χ3v) is 3.08. The van der Waals surface area contributed by atoms with Crippen molar-refractivity contribution in [3.8, 4) is 0 Å². The molecule has 0 saturated heterocycles. The monoisotopic (exact) mass is 236 g/mol. The highest BCUT2D eigenvalue weighted by Gasteiger charge is 2.33. The maximum absolute atomic E-state index is 11.3. The summed E-state index contributed by atoms with van der Waals surface area (Å²) in [4.78, 5) is 15.6. The number of carbonyl (C=O) groups excluding carboxylic acids is 1. The summed E-state index contributed by atoms with van der Waals surface area (Å²) < 4.78 is 0. The van der Waals surface area contributed by atoms with Crippen LogP contribution in [0.25, 0.3) is 0 Å². The van der Waals surface area contributed by atoms with E-state index in [4.69, 9.17) is 5.73 Å². The Labute approximate surface area is 102 Å². The van der Waals surface area contributed by atoms with E-state index in [-0.39, 0.29) is 0 Å². The van der Waals surface area contributed by atoms with Gasteiger partial charge in [-0.2, -0.15) is 0 Å². The summed E-state index contributed by atoms with van der Waals surface area (Å²) in [7, 11) is 0. The fourth-order valence-electron chi connectivity index (χ4n) is 1.91. The lowest BCUT2D eigenvalue weighted by Crippen LogP contribution is -2.36. The van der Waals surface area contributed by atoms with Gasteiger partial charge in [-0.15, -0.1) is 0 Å². The van der Waals surface area contributed by atoms with Crippen molar-refractivity contribution in [1.29, 1.82) is 0 Å². The molecule has 3 N–H and O–H groups in total. The molecule has 0 aliphatic rings. The minimum atomic E-state index is -0.582. The first-order valence-corrected chi connectivity index (χ1v) is 5.84. The second-order valence-electron chi connectivity index (χ2n) is 4.79. The molecule has 1 amide bonds. The summed E-state index contributed by atoms with van der Waals surface area (Å²) in [5.41, 5.74) is 5.69. The fraction of sp³-hybridized carbons (Fsp3) is 0.538. The van der Waals surface area contributed by atoms with Crippen molar-refractivity contribution in [2.45, 2.75) is 45.1 Å². The number of hydrogen-bond acceptors (Lipinski definition) is 3. The van der Waals surface area contributed by atoms with E-state index in [9.17, 15) is 9.90 Å². The molecule has 17 heavy (non-hydrogen) atoms. The van der Waals surface area contributed by atoms with Crippen molar-refractivity contribution in [1.82, 2.24) is 4.98 Å². The first-order chi connectivity index (χ1) is 7.91. The lowest BCUT2D eigenvalue weighted by molar-refractivity contribution is 0.0861. The van der Waals surface area contributed by atoms with Gasteiger partial charge >= 0.3 is 0 Å². The Hall–Kier alpha value is -1.42. The summed E-state index contributed by atoms with van der Waals surface area (Å²) >= 11 is 0. The Bertz CT molecular complexity index is 402. The Morgan fingerprint density at radius 3 is 2.76 bits per heavy atom. The molecule has 1 rings (SSSR count). The summed E-state index contributed by atoms with van der Waals surface area (Å²) in [5, 5.41) is 10.1. The molecule has 1 aromatic heterocycles. The van der Waals surface area contributed by atoms with E-state index in [1.807, 2.05) is 20.8 Å². The number of rotatable bonds is 5. The van der Waals surface area contributed by atoms with Crippen LogP contribution < -0.4 is 5.73 Å². The van der Waals surface area contributed by atoms with Crippen LogP contribution in [0.3, 0.4) is 0 Å². The van der Waals surface area contributed by atoms with Crippen LogP contribution in [0.1, 0.15) is 49.7 Å². The minimum Gasteiger partial charge on any atom is -0.392 e. The van der Waals surface area contributed by atoms with Crippen LogP contribution in [0.15, 0.2) is 18.3 Å². The minimum absolute atomic E-state index is 0.382. The van der Waals surface area contributed by atoms with E-state index < -0.39 is 17.4 Å². The smallest absolute Gasteiger partial charge is 0.250 e. The number of aromatic nitrogens is 1. The topological polar surface area (TPSA) is 76.2 Å². The number of aliphatic hydroxyl groups is 1. The van der Waals surface area contributed by atoms with Gasteiger partial charge in [0.15, 0.2) is 0 Å². The lowest BCUT2D eigenvalue weighted by Gasteiger charge is -2.31. The number of amides is 1. The average molecular weight is 236 g/mol.